The molecule has 1 N–H and O–H groups in total. The van der Waals surface area contributed by atoms with E-state index in [1.54, 1.807) is 0 Å². The molecule has 118 valence electrons. The number of rotatable bonds is 4. The number of hydrogen-bond acceptors (Lipinski definition) is 1. The molecular formula is C19H37N. The van der Waals surface area contributed by atoms with Gasteiger partial charge in [0.25, 0.3) is 0 Å². The quantitative estimate of drug-likeness (QED) is 0.666. The molecule has 2 rings (SSSR count). The van der Waals surface area contributed by atoms with Crippen LogP contribution in [0.5, 0.6) is 0 Å². The van der Waals surface area contributed by atoms with Crippen molar-refractivity contribution in [2.75, 3.05) is 6.54 Å². The fourth-order valence-electron chi connectivity index (χ4n) is 4.51. The summed E-state index contributed by atoms with van der Waals surface area (Å²) >= 11 is 0. The van der Waals surface area contributed by atoms with E-state index in [2.05, 4.69) is 33.0 Å². The Bertz CT molecular complexity index is 283. The van der Waals surface area contributed by atoms with Crippen molar-refractivity contribution in [3.05, 3.63) is 0 Å². The minimum absolute atomic E-state index is 0.505. The second kappa shape index (κ2) is 6.81. The van der Waals surface area contributed by atoms with Gasteiger partial charge in [0.05, 0.1) is 0 Å². The molecular weight excluding hydrogens is 242 g/mol. The molecule has 0 bridgehead atoms. The summed E-state index contributed by atoms with van der Waals surface area (Å²) in [6.07, 6.45) is 14.4. The van der Waals surface area contributed by atoms with Crippen LogP contribution < -0.4 is 5.32 Å². The average molecular weight is 280 g/mol. The van der Waals surface area contributed by atoms with Crippen LogP contribution in [-0.4, -0.2) is 12.6 Å². The Hall–Kier alpha value is -0.0400. The molecule has 0 saturated heterocycles. The molecule has 2 unspecified atom stereocenters. The summed E-state index contributed by atoms with van der Waals surface area (Å²) in [7, 11) is 0. The topological polar surface area (TPSA) is 12.0 Å². The molecule has 0 radical (unpaired) electrons. The Balaban J connectivity index is 1.79. The Morgan fingerprint density at radius 3 is 2.25 bits per heavy atom. The summed E-state index contributed by atoms with van der Waals surface area (Å²) in [6, 6.07) is 0.798. The van der Waals surface area contributed by atoms with Crippen molar-refractivity contribution in [2.24, 2.45) is 16.7 Å². The van der Waals surface area contributed by atoms with Gasteiger partial charge in [0.2, 0.25) is 0 Å². The molecule has 0 aromatic carbocycles. The molecule has 2 aliphatic carbocycles. The Morgan fingerprint density at radius 2 is 1.65 bits per heavy atom. The average Bonchev–Trinajstić information content (AvgIpc) is 2.73. The third kappa shape index (κ3) is 4.23. The first-order valence-corrected chi connectivity index (χ1v) is 9.19. The van der Waals surface area contributed by atoms with Crippen molar-refractivity contribution < 1.29 is 0 Å². The van der Waals surface area contributed by atoms with Gasteiger partial charge in [0, 0.05) is 12.6 Å². The van der Waals surface area contributed by atoms with E-state index in [1.165, 1.54) is 70.8 Å². The van der Waals surface area contributed by atoms with Crippen LogP contribution in [0.4, 0.5) is 0 Å². The minimum atomic E-state index is 0.505. The van der Waals surface area contributed by atoms with Crippen LogP contribution in [-0.2, 0) is 0 Å². The van der Waals surface area contributed by atoms with Crippen molar-refractivity contribution in [1.29, 1.82) is 0 Å². The Labute approximate surface area is 127 Å². The van der Waals surface area contributed by atoms with Crippen molar-refractivity contribution in [1.82, 2.24) is 5.32 Å². The zero-order valence-corrected chi connectivity index (χ0v) is 14.4. The van der Waals surface area contributed by atoms with Gasteiger partial charge >= 0.3 is 0 Å². The fraction of sp³-hybridized carbons (Fsp3) is 1.00. The normalized spacial score (nSPS) is 31.2. The molecule has 1 nitrogen and oxygen atoms in total. The highest BCUT2D eigenvalue weighted by Crippen LogP contribution is 2.41. The monoisotopic (exact) mass is 279 g/mol. The van der Waals surface area contributed by atoms with E-state index < -0.39 is 0 Å². The van der Waals surface area contributed by atoms with Gasteiger partial charge in [-0.3, -0.25) is 0 Å². The van der Waals surface area contributed by atoms with Crippen LogP contribution in [0.25, 0.3) is 0 Å². The summed E-state index contributed by atoms with van der Waals surface area (Å²) in [6.45, 7) is 11.0. The maximum absolute atomic E-state index is 3.97. The van der Waals surface area contributed by atoms with Gasteiger partial charge in [-0.1, -0.05) is 47.0 Å². The molecule has 2 aliphatic rings. The lowest BCUT2D eigenvalue weighted by Crippen LogP contribution is -2.38. The zero-order valence-electron chi connectivity index (χ0n) is 14.4. The fourth-order valence-corrected chi connectivity index (χ4v) is 4.51. The lowest BCUT2D eigenvalue weighted by atomic mass is 9.76. The molecule has 0 amide bonds. The second-order valence-corrected chi connectivity index (χ2v) is 8.71. The van der Waals surface area contributed by atoms with Crippen molar-refractivity contribution >= 4 is 0 Å². The van der Waals surface area contributed by atoms with E-state index in [0.717, 1.165) is 12.0 Å². The summed E-state index contributed by atoms with van der Waals surface area (Å²) in [5.41, 5.74) is 1.15. The summed E-state index contributed by atoms with van der Waals surface area (Å²) in [5.74, 6) is 0.931. The van der Waals surface area contributed by atoms with Gasteiger partial charge in [-0.15, -0.1) is 0 Å². The first kappa shape index (κ1) is 16.3. The Kier molecular flexibility index (Phi) is 5.56. The first-order valence-electron chi connectivity index (χ1n) is 9.19. The third-order valence-corrected chi connectivity index (χ3v) is 6.37. The van der Waals surface area contributed by atoms with Crippen LogP contribution in [0, 0.1) is 16.7 Å². The lowest BCUT2D eigenvalue weighted by molar-refractivity contribution is 0.211. The van der Waals surface area contributed by atoms with Crippen LogP contribution >= 0.6 is 0 Å². The van der Waals surface area contributed by atoms with E-state index in [1.807, 2.05) is 0 Å². The first-order chi connectivity index (χ1) is 9.45. The molecule has 0 aliphatic heterocycles. The summed E-state index contributed by atoms with van der Waals surface area (Å²) < 4.78 is 0. The van der Waals surface area contributed by atoms with Gasteiger partial charge in [-0.05, 0) is 61.7 Å². The van der Waals surface area contributed by atoms with Crippen molar-refractivity contribution in [3.63, 3.8) is 0 Å². The Morgan fingerprint density at radius 1 is 0.950 bits per heavy atom. The smallest absolute Gasteiger partial charge is 0.00674 e. The van der Waals surface area contributed by atoms with Crippen LogP contribution in [0.3, 0.4) is 0 Å². The van der Waals surface area contributed by atoms with Crippen molar-refractivity contribution in [3.8, 4) is 0 Å². The maximum atomic E-state index is 3.97. The summed E-state index contributed by atoms with van der Waals surface area (Å²) in [4.78, 5) is 0. The molecule has 0 heterocycles. The largest absolute Gasteiger partial charge is 0.313 e. The van der Waals surface area contributed by atoms with Gasteiger partial charge in [-0.2, -0.15) is 0 Å². The standard InChI is InChI=1S/C19H37N/c1-5-19(13-6-7-14-19)15-20-17-10-8-9-16(11-12-17)18(2,3)4/h16-17,20H,5-15H2,1-4H3. The maximum Gasteiger partial charge on any atom is 0.00674 e. The molecule has 2 saturated carbocycles. The highest BCUT2D eigenvalue weighted by Gasteiger charge is 2.33. The van der Waals surface area contributed by atoms with Crippen LogP contribution in [0.15, 0.2) is 0 Å². The van der Waals surface area contributed by atoms with Gasteiger partial charge < -0.3 is 5.32 Å². The predicted octanol–water partition coefficient (Wildman–Crippen LogP) is 5.54. The van der Waals surface area contributed by atoms with Crippen molar-refractivity contribution in [2.45, 2.75) is 97.9 Å². The highest BCUT2D eigenvalue weighted by atomic mass is 14.9. The summed E-state index contributed by atoms with van der Waals surface area (Å²) in [5, 5.41) is 3.97. The zero-order chi connectivity index (χ0) is 14.6. The number of hydrogen-bond donors (Lipinski definition) is 1. The van der Waals surface area contributed by atoms with E-state index in [-0.39, 0.29) is 0 Å². The van der Waals surface area contributed by atoms with Crippen LogP contribution in [0.2, 0.25) is 0 Å². The minimum Gasteiger partial charge on any atom is -0.313 e. The molecule has 0 aromatic rings. The molecule has 2 fully saturated rings. The van der Waals surface area contributed by atoms with E-state index in [0.29, 0.717) is 10.8 Å². The van der Waals surface area contributed by atoms with Gasteiger partial charge in [0.15, 0.2) is 0 Å². The van der Waals surface area contributed by atoms with Gasteiger partial charge in [-0.25, -0.2) is 0 Å². The molecule has 20 heavy (non-hydrogen) atoms. The SMILES string of the molecule is CCC1(CNC2CCCC(C(C)(C)C)CC2)CCCC1. The molecule has 1 heteroatoms. The van der Waals surface area contributed by atoms with E-state index in [4.69, 9.17) is 0 Å². The predicted molar refractivity (Wildman–Crippen MR) is 89.0 cm³/mol. The molecule has 0 aromatic heterocycles. The lowest BCUT2D eigenvalue weighted by Gasteiger charge is -2.31. The van der Waals surface area contributed by atoms with E-state index >= 15 is 0 Å². The second-order valence-electron chi connectivity index (χ2n) is 8.71. The molecule has 0 spiro atoms. The third-order valence-electron chi connectivity index (χ3n) is 6.37. The van der Waals surface area contributed by atoms with Gasteiger partial charge in [0.1, 0.15) is 0 Å². The molecule has 2 atom stereocenters. The van der Waals surface area contributed by atoms with Crippen LogP contribution in [0.1, 0.15) is 91.9 Å². The number of nitrogens with one attached hydrogen (secondary N) is 1. The highest BCUT2D eigenvalue weighted by molar-refractivity contribution is 4.88. The van der Waals surface area contributed by atoms with E-state index in [9.17, 15) is 0 Å².